The van der Waals surface area contributed by atoms with Crippen LogP contribution in [0.3, 0.4) is 0 Å². The number of β-amino-alcohol motifs (C(OH)–C–C–N with tert-alkyl or cyclic N) is 1. The highest BCUT2D eigenvalue weighted by molar-refractivity contribution is 5.43. The molecule has 2 rings (SSSR count). The van der Waals surface area contributed by atoms with Crippen LogP contribution in [0.4, 0.5) is 11.5 Å². The number of aliphatic hydroxyl groups is 1. The quantitative estimate of drug-likeness (QED) is 0.596. The summed E-state index contributed by atoms with van der Waals surface area (Å²) in [4.78, 5) is 16.0. The van der Waals surface area contributed by atoms with E-state index in [-0.39, 0.29) is 11.8 Å². The number of nitro groups is 1. The first-order valence-electron chi connectivity index (χ1n) is 5.20. The molecule has 0 aliphatic carbocycles. The van der Waals surface area contributed by atoms with Gasteiger partial charge in [0.15, 0.2) is 0 Å². The maximum absolute atomic E-state index is 10.5. The van der Waals surface area contributed by atoms with Crippen molar-refractivity contribution >= 4 is 11.5 Å². The first-order chi connectivity index (χ1) is 7.66. The molecule has 1 aliphatic rings. The van der Waals surface area contributed by atoms with Crippen molar-refractivity contribution in [1.82, 2.24) is 4.98 Å². The van der Waals surface area contributed by atoms with Crippen LogP contribution >= 0.6 is 0 Å². The summed E-state index contributed by atoms with van der Waals surface area (Å²) in [7, 11) is 0. The monoisotopic (exact) mass is 223 g/mol. The van der Waals surface area contributed by atoms with Gasteiger partial charge in [-0.1, -0.05) is 0 Å². The number of rotatable bonds is 2. The van der Waals surface area contributed by atoms with Crippen LogP contribution < -0.4 is 4.90 Å². The van der Waals surface area contributed by atoms with Crippen molar-refractivity contribution in [2.24, 2.45) is 0 Å². The average molecular weight is 223 g/mol. The van der Waals surface area contributed by atoms with E-state index in [0.717, 1.165) is 19.4 Å². The van der Waals surface area contributed by atoms with E-state index in [4.69, 9.17) is 0 Å². The largest absolute Gasteiger partial charge is 0.391 e. The van der Waals surface area contributed by atoms with Crippen LogP contribution in [-0.2, 0) is 0 Å². The minimum atomic E-state index is -0.470. The van der Waals surface area contributed by atoms with Crippen molar-refractivity contribution in [3.05, 3.63) is 28.4 Å². The minimum absolute atomic E-state index is 0.0127. The number of aromatic nitrogens is 1. The molecule has 1 fully saturated rings. The van der Waals surface area contributed by atoms with Gasteiger partial charge in [-0.05, 0) is 18.9 Å². The highest BCUT2D eigenvalue weighted by Crippen LogP contribution is 2.19. The number of piperidine rings is 1. The molecule has 0 saturated carbocycles. The van der Waals surface area contributed by atoms with E-state index in [9.17, 15) is 15.2 Å². The van der Waals surface area contributed by atoms with Crippen molar-refractivity contribution < 1.29 is 10.0 Å². The summed E-state index contributed by atoms with van der Waals surface area (Å²) in [6.45, 7) is 1.38. The van der Waals surface area contributed by atoms with E-state index >= 15 is 0 Å². The lowest BCUT2D eigenvalue weighted by atomic mass is 10.1. The van der Waals surface area contributed by atoms with Crippen LogP contribution in [0.15, 0.2) is 18.3 Å². The van der Waals surface area contributed by atoms with E-state index in [2.05, 4.69) is 4.98 Å². The summed E-state index contributed by atoms with van der Waals surface area (Å²) < 4.78 is 0. The summed E-state index contributed by atoms with van der Waals surface area (Å²) in [6, 6.07) is 3.06. The van der Waals surface area contributed by atoms with Gasteiger partial charge in [0.1, 0.15) is 12.0 Å². The third-order valence-corrected chi connectivity index (χ3v) is 2.66. The van der Waals surface area contributed by atoms with E-state index in [1.807, 2.05) is 4.90 Å². The van der Waals surface area contributed by atoms with Crippen LogP contribution in [0.2, 0.25) is 0 Å². The Balaban J connectivity index is 2.11. The molecule has 0 spiro atoms. The van der Waals surface area contributed by atoms with Gasteiger partial charge >= 0.3 is 0 Å². The van der Waals surface area contributed by atoms with Gasteiger partial charge in [0, 0.05) is 19.2 Å². The molecule has 86 valence electrons. The second-order valence-electron chi connectivity index (χ2n) is 3.87. The van der Waals surface area contributed by atoms with Gasteiger partial charge in [-0.25, -0.2) is 4.98 Å². The highest BCUT2D eigenvalue weighted by atomic mass is 16.6. The Morgan fingerprint density at radius 3 is 2.94 bits per heavy atom. The molecule has 2 heterocycles. The third-order valence-electron chi connectivity index (χ3n) is 2.66. The molecule has 1 atom stereocenters. The number of hydrogen-bond donors (Lipinski definition) is 1. The predicted octanol–water partition coefficient (Wildman–Crippen LogP) is 0.951. The van der Waals surface area contributed by atoms with Gasteiger partial charge in [-0.2, -0.15) is 0 Å². The molecule has 6 heteroatoms. The van der Waals surface area contributed by atoms with E-state index in [0.29, 0.717) is 12.4 Å². The number of anilines is 1. The van der Waals surface area contributed by atoms with Gasteiger partial charge < -0.3 is 10.0 Å². The van der Waals surface area contributed by atoms with E-state index in [1.54, 1.807) is 6.07 Å². The lowest BCUT2D eigenvalue weighted by Gasteiger charge is -2.30. The number of hydrogen-bond acceptors (Lipinski definition) is 5. The minimum Gasteiger partial charge on any atom is -0.391 e. The SMILES string of the molecule is O=[N+]([O-])c1ccc(N2CCC[C@H](O)C2)nc1. The lowest BCUT2D eigenvalue weighted by Crippen LogP contribution is -2.38. The maximum atomic E-state index is 10.5. The van der Waals surface area contributed by atoms with E-state index in [1.165, 1.54) is 12.3 Å². The highest BCUT2D eigenvalue weighted by Gasteiger charge is 2.19. The van der Waals surface area contributed by atoms with Crippen molar-refractivity contribution in [1.29, 1.82) is 0 Å². The molecule has 1 aromatic rings. The predicted molar refractivity (Wildman–Crippen MR) is 58.3 cm³/mol. The van der Waals surface area contributed by atoms with Crippen molar-refractivity contribution in [2.75, 3.05) is 18.0 Å². The van der Waals surface area contributed by atoms with Gasteiger partial charge in [0.05, 0.1) is 11.0 Å². The molecule has 16 heavy (non-hydrogen) atoms. The van der Waals surface area contributed by atoms with Gasteiger partial charge in [0.2, 0.25) is 0 Å². The Hall–Kier alpha value is -1.69. The zero-order valence-corrected chi connectivity index (χ0v) is 8.74. The Morgan fingerprint density at radius 1 is 1.56 bits per heavy atom. The summed E-state index contributed by atoms with van der Waals surface area (Å²) in [5.74, 6) is 0.685. The summed E-state index contributed by atoms with van der Waals surface area (Å²) in [5.41, 5.74) is -0.0127. The molecule has 0 amide bonds. The average Bonchev–Trinajstić information content (AvgIpc) is 2.29. The first kappa shape index (κ1) is 10.8. The van der Waals surface area contributed by atoms with Crippen molar-refractivity contribution in [2.45, 2.75) is 18.9 Å². The Bertz CT molecular complexity index is 379. The Kier molecular flexibility index (Phi) is 3.00. The van der Waals surface area contributed by atoms with Gasteiger partial charge in [0.25, 0.3) is 5.69 Å². The fraction of sp³-hybridized carbons (Fsp3) is 0.500. The maximum Gasteiger partial charge on any atom is 0.287 e. The molecule has 0 aromatic carbocycles. The molecule has 0 radical (unpaired) electrons. The Labute approximate surface area is 92.7 Å². The van der Waals surface area contributed by atoms with Crippen LogP contribution in [0, 0.1) is 10.1 Å². The van der Waals surface area contributed by atoms with Crippen LogP contribution in [0.5, 0.6) is 0 Å². The standard InChI is InChI=1S/C10H13N3O3/c14-9-2-1-5-12(7-9)10-4-3-8(6-11-10)13(15)16/h3-4,6,9,14H,1-2,5,7H2/t9-/m0/s1. The second-order valence-corrected chi connectivity index (χ2v) is 3.87. The summed E-state index contributed by atoms with van der Waals surface area (Å²) in [6.07, 6.45) is 2.64. The molecule has 1 aromatic heterocycles. The van der Waals surface area contributed by atoms with Crippen LogP contribution in [0.25, 0.3) is 0 Å². The number of pyridine rings is 1. The lowest BCUT2D eigenvalue weighted by molar-refractivity contribution is -0.385. The molecule has 1 N–H and O–H groups in total. The molecule has 6 nitrogen and oxygen atoms in total. The van der Waals surface area contributed by atoms with Crippen LogP contribution in [-0.4, -0.2) is 34.2 Å². The topological polar surface area (TPSA) is 79.5 Å². The summed E-state index contributed by atoms with van der Waals surface area (Å²) in [5, 5.41) is 20.0. The fourth-order valence-corrected chi connectivity index (χ4v) is 1.84. The molecule has 1 aliphatic heterocycles. The van der Waals surface area contributed by atoms with Crippen LogP contribution in [0.1, 0.15) is 12.8 Å². The van der Waals surface area contributed by atoms with Gasteiger partial charge in [-0.15, -0.1) is 0 Å². The van der Waals surface area contributed by atoms with E-state index < -0.39 is 4.92 Å². The summed E-state index contributed by atoms with van der Waals surface area (Å²) >= 11 is 0. The number of nitrogens with zero attached hydrogens (tertiary/aromatic N) is 3. The molecular formula is C10H13N3O3. The van der Waals surface area contributed by atoms with Gasteiger partial charge in [-0.3, -0.25) is 10.1 Å². The second kappa shape index (κ2) is 4.44. The molecule has 1 saturated heterocycles. The van der Waals surface area contributed by atoms with Crippen molar-refractivity contribution in [3.63, 3.8) is 0 Å². The molecular weight excluding hydrogens is 210 g/mol. The van der Waals surface area contributed by atoms with Crippen molar-refractivity contribution in [3.8, 4) is 0 Å². The smallest absolute Gasteiger partial charge is 0.287 e. The Morgan fingerprint density at radius 2 is 2.38 bits per heavy atom. The molecule has 0 unspecified atom stereocenters. The zero-order valence-electron chi connectivity index (χ0n) is 8.74. The zero-order chi connectivity index (χ0) is 11.5. The molecule has 0 bridgehead atoms. The fourth-order valence-electron chi connectivity index (χ4n) is 1.84. The first-order valence-corrected chi connectivity index (χ1v) is 5.20. The third kappa shape index (κ3) is 2.27. The normalized spacial score (nSPS) is 20.8. The number of aliphatic hydroxyl groups excluding tert-OH is 1.